The van der Waals surface area contributed by atoms with Crippen molar-refractivity contribution in [3.05, 3.63) is 29.3 Å². The molecule has 0 amide bonds. The summed E-state index contributed by atoms with van der Waals surface area (Å²) in [6.07, 6.45) is 1.43. The van der Waals surface area contributed by atoms with Crippen LogP contribution in [0.15, 0.2) is 23.8 Å². The zero-order valence-electron chi connectivity index (χ0n) is 11.1. The highest BCUT2D eigenvalue weighted by molar-refractivity contribution is 5.97. The van der Waals surface area contributed by atoms with Gasteiger partial charge in [0.05, 0.1) is 20.8 Å². The maximum atomic E-state index is 11.3. The van der Waals surface area contributed by atoms with E-state index in [4.69, 9.17) is 14.7 Å². The van der Waals surface area contributed by atoms with Crippen LogP contribution in [-0.4, -0.2) is 26.8 Å². The summed E-state index contributed by atoms with van der Waals surface area (Å²) in [5.74, 6) is 0.479. The van der Waals surface area contributed by atoms with Gasteiger partial charge in [-0.25, -0.2) is 4.79 Å². The number of carbonyl (C=O) groups excluding carboxylic acids is 1. The number of esters is 1. The molecule has 1 aromatic rings. The van der Waals surface area contributed by atoms with Crippen molar-refractivity contribution in [1.82, 2.24) is 0 Å². The van der Waals surface area contributed by atoms with Gasteiger partial charge in [-0.05, 0) is 30.7 Å². The molecule has 5 heteroatoms. The van der Waals surface area contributed by atoms with Gasteiger partial charge < -0.3 is 14.2 Å². The van der Waals surface area contributed by atoms with Crippen LogP contribution in [0.25, 0.3) is 6.08 Å². The van der Waals surface area contributed by atoms with Gasteiger partial charge in [0.25, 0.3) is 0 Å². The van der Waals surface area contributed by atoms with Crippen LogP contribution in [0.4, 0.5) is 0 Å². The number of carbonyl (C=O) groups is 1. The predicted molar refractivity (Wildman–Crippen MR) is 69.8 cm³/mol. The standard InChI is InChI=1S/C14H15NO4/c1-4-19-12-6-5-10(8-13(12)17-2)7-11(9-15)14(16)18-3/h5-8H,4H2,1-3H3/b11-7-. The third-order valence-electron chi connectivity index (χ3n) is 2.32. The first kappa shape index (κ1) is 14.6. The minimum absolute atomic E-state index is 0.0753. The Morgan fingerprint density at radius 1 is 1.37 bits per heavy atom. The van der Waals surface area contributed by atoms with Crippen molar-refractivity contribution in [3.63, 3.8) is 0 Å². The van der Waals surface area contributed by atoms with Crippen molar-refractivity contribution < 1.29 is 19.0 Å². The van der Waals surface area contributed by atoms with E-state index in [1.165, 1.54) is 20.3 Å². The number of rotatable bonds is 5. The van der Waals surface area contributed by atoms with Crippen LogP contribution in [0, 0.1) is 11.3 Å². The summed E-state index contributed by atoms with van der Waals surface area (Å²) in [6.45, 7) is 2.40. The van der Waals surface area contributed by atoms with Crippen LogP contribution < -0.4 is 9.47 Å². The van der Waals surface area contributed by atoms with Crippen LogP contribution in [0.5, 0.6) is 11.5 Å². The van der Waals surface area contributed by atoms with Gasteiger partial charge in [0.1, 0.15) is 11.6 Å². The Bertz CT molecular complexity index is 529. The van der Waals surface area contributed by atoms with E-state index in [2.05, 4.69) is 4.74 Å². The predicted octanol–water partition coefficient (Wildman–Crippen LogP) is 2.17. The summed E-state index contributed by atoms with van der Waals surface area (Å²) in [5.41, 5.74) is 0.580. The third-order valence-corrected chi connectivity index (χ3v) is 2.32. The molecule has 100 valence electrons. The molecule has 19 heavy (non-hydrogen) atoms. The first-order valence-electron chi connectivity index (χ1n) is 5.67. The quantitative estimate of drug-likeness (QED) is 0.461. The van der Waals surface area contributed by atoms with Crippen LogP contribution in [0.3, 0.4) is 0 Å². The third kappa shape index (κ3) is 3.75. The van der Waals surface area contributed by atoms with Crippen LogP contribution >= 0.6 is 0 Å². The average Bonchev–Trinajstić information content (AvgIpc) is 2.45. The Morgan fingerprint density at radius 2 is 2.11 bits per heavy atom. The van der Waals surface area contributed by atoms with E-state index in [0.29, 0.717) is 23.7 Å². The molecule has 0 spiro atoms. The molecule has 5 nitrogen and oxygen atoms in total. The summed E-state index contributed by atoms with van der Waals surface area (Å²) < 4.78 is 15.1. The maximum absolute atomic E-state index is 11.3. The van der Waals surface area contributed by atoms with Crippen LogP contribution in [-0.2, 0) is 9.53 Å². The number of methoxy groups -OCH3 is 2. The molecule has 0 aromatic heterocycles. The van der Waals surface area contributed by atoms with E-state index < -0.39 is 5.97 Å². The van der Waals surface area contributed by atoms with Gasteiger partial charge in [0.15, 0.2) is 11.5 Å². The number of nitriles is 1. The minimum Gasteiger partial charge on any atom is -0.493 e. The van der Waals surface area contributed by atoms with Crippen molar-refractivity contribution in [1.29, 1.82) is 5.26 Å². The van der Waals surface area contributed by atoms with E-state index in [9.17, 15) is 4.79 Å². The lowest BCUT2D eigenvalue weighted by molar-refractivity contribution is -0.135. The Morgan fingerprint density at radius 3 is 2.63 bits per heavy atom. The van der Waals surface area contributed by atoms with Crippen molar-refractivity contribution in [2.24, 2.45) is 0 Å². The summed E-state index contributed by atoms with van der Waals surface area (Å²) in [4.78, 5) is 11.3. The molecule has 1 rings (SSSR count). The second-order valence-electron chi connectivity index (χ2n) is 3.50. The Kier molecular flexibility index (Phi) is 5.42. The van der Waals surface area contributed by atoms with Crippen molar-refractivity contribution in [2.45, 2.75) is 6.92 Å². The number of nitrogens with zero attached hydrogens (tertiary/aromatic N) is 1. The molecule has 0 saturated heterocycles. The molecule has 0 heterocycles. The largest absolute Gasteiger partial charge is 0.493 e. The fourth-order valence-corrected chi connectivity index (χ4v) is 1.46. The smallest absolute Gasteiger partial charge is 0.348 e. The molecule has 0 aliphatic rings. The molecule has 0 unspecified atom stereocenters. The first-order valence-corrected chi connectivity index (χ1v) is 5.67. The van der Waals surface area contributed by atoms with Gasteiger partial charge >= 0.3 is 5.97 Å². The van der Waals surface area contributed by atoms with Gasteiger partial charge in [-0.15, -0.1) is 0 Å². The summed E-state index contributed by atoms with van der Waals surface area (Å²) in [6, 6.07) is 6.93. The number of ether oxygens (including phenoxy) is 3. The lowest BCUT2D eigenvalue weighted by atomic mass is 10.1. The zero-order valence-corrected chi connectivity index (χ0v) is 11.1. The molecule has 0 radical (unpaired) electrons. The van der Waals surface area contributed by atoms with E-state index >= 15 is 0 Å². The second-order valence-corrected chi connectivity index (χ2v) is 3.50. The van der Waals surface area contributed by atoms with Crippen molar-refractivity contribution >= 4 is 12.0 Å². The molecule has 1 aromatic carbocycles. The summed E-state index contributed by atoms with van der Waals surface area (Å²) >= 11 is 0. The van der Waals surface area contributed by atoms with Gasteiger partial charge in [0, 0.05) is 0 Å². The molecule has 0 aliphatic carbocycles. The number of hydrogen-bond donors (Lipinski definition) is 0. The summed E-state index contributed by atoms with van der Waals surface area (Å²) in [5, 5.41) is 8.88. The summed E-state index contributed by atoms with van der Waals surface area (Å²) in [7, 11) is 2.75. The SMILES string of the molecule is CCOc1ccc(/C=C(/C#N)C(=O)OC)cc1OC. The molecule has 0 atom stereocenters. The zero-order chi connectivity index (χ0) is 14.3. The minimum atomic E-state index is -0.671. The number of benzene rings is 1. The molecular weight excluding hydrogens is 246 g/mol. The topological polar surface area (TPSA) is 68.5 Å². The average molecular weight is 261 g/mol. The molecule has 0 N–H and O–H groups in total. The maximum Gasteiger partial charge on any atom is 0.348 e. The molecule has 0 aliphatic heterocycles. The highest BCUT2D eigenvalue weighted by Gasteiger charge is 2.10. The monoisotopic (exact) mass is 261 g/mol. The molecular formula is C14H15NO4. The lowest BCUT2D eigenvalue weighted by Crippen LogP contribution is -2.02. The Hall–Kier alpha value is -2.48. The van der Waals surface area contributed by atoms with E-state index in [1.807, 2.05) is 6.92 Å². The highest BCUT2D eigenvalue weighted by Crippen LogP contribution is 2.28. The Labute approximate surface area is 112 Å². The van der Waals surface area contributed by atoms with Crippen molar-refractivity contribution in [3.8, 4) is 17.6 Å². The van der Waals surface area contributed by atoms with E-state index in [1.54, 1.807) is 24.3 Å². The van der Waals surface area contributed by atoms with Crippen molar-refractivity contribution in [2.75, 3.05) is 20.8 Å². The fourth-order valence-electron chi connectivity index (χ4n) is 1.46. The molecule has 0 fully saturated rings. The fraction of sp³-hybridized carbons (Fsp3) is 0.286. The van der Waals surface area contributed by atoms with Gasteiger partial charge in [-0.2, -0.15) is 5.26 Å². The Balaban J connectivity index is 3.12. The van der Waals surface area contributed by atoms with Gasteiger partial charge in [-0.3, -0.25) is 0 Å². The molecule has 0 bridgehead atoms. The lowest BCUT2D eigenvalue weighted by Gasteiger charge is -2.09. The van der Waals surface area contributed by atoms with Crippen LogP contribution in [0.1, 0.15) is 12.5 Å². The molecule has 0 saturated carbocycles. The van der Waals surface area contributed by atoms with E-state index in [-0.39, 0.29) is 5.57 Å². The van der Waals surface area contributed by atoms with Gasteiger partial charge in [0.2, 0.25) is 0 Å². The second kappa shape index (κ2) is 7.07. The van der Waals surface area contributed by atoms with Gasteiger partial charge in [-0.1, -0.05) is 6.07 Å². The highest BCUT2D eigenvalue weighted by atomic mass is 16.5. The normalized spacial score (nSPS) is 10.5. The van der Waals surface area contributed by atoms with Crippen LogP contribution in [0.2, 0.25) is 0 Å². The first-order chi connectivity index (χ1) is 9.15. The number of hydrogen-bond acceptors (Lipinski definition) is 5. The van der Waals surface area contributed by atoms with E-state index in [0.717, 1.165) is 0 Å².